The van der Waals surface area contributed by atoms with Crippen LogP contribution in [0.25, 0.3) is 10.8 Å². The summed E-state index contributed by atoms with van der Waals surface area (Å²) in [4.78, 5) is 32.2. The number of likely N-dealkylation sites (N-methyl/N-ethyl adjacent to an activating group) is 1. The molecule has 2 fully saturated rings. The van der Waals surface area contributed by atoms with Crippen LogP contribution >= 0.6 is 0 Å². The second kappa shape index (κ2) is 8.87. The molecule has 0 radical (unpaired) electrons. The first-order valence-electron chi connectivity index (χ1n) is 11.6. The molecule has 2 heterocycles. The quantitative estimate of drug-likeness (QED) is 0.659. The van der Waals surface area contributed by atoms with Crippen molar-refractivity contribution in [3.05, 3.63) is 78.4 Å². The predicted octanol–water partition coefficient (Wildman–Crippen LogP) is 3.34. The van der Waals surface area contributed by atoms with Crippen molar-refractivity contribution >= 4 is 28.3 Å². The molecule has 6 heteroatoms. The maximum Gasteiger partial charge on any atom is 0.253 e. The summed E-state index contributed by atoms with van der Waals surface area (Å²) in [6, 6.07) is 24.1. The Bertz CT molecular complexity index is 1160. The fourth-order valence-corrected chi connectivity index (χ4v) is 5.11. The summed E-state index contributed by atoms with van der Waals surface area (Å²) in [5.41, 5.74) is 1.34. The highest BCUT2D eigenvalue weighted by atomic mass is 16.2. The van der Waals surface area contributed by atoms with E-state index in [1.807, 2.05) is 61.6 Å². The molecule has 5 rings (SSSR count). The number of hydrogen-bond acceptors (Lipinski definition) is 4. The van der Waals surface area contributed by atoms with Gasteiger partial charge in [0.1, 0.15) is 5.54 Å². The van der Waals surface area contributed by atoms with Gasteiger partial charge in [-0.15, -0.1) is 0 Å². The van der Waals surface area contributed by atoms with Crippen LogP contribution in [0.3, 0.4) is 0 Å². The maximum absolute atomic E-state index is 13.0. The summed E-state index contributed by atoms with van der Waals surface area (Å²) in [5, 5.41) is 5.27. The Morgan fingerprint density at radius 3 is 2.42 bits per heavy atom. The minimum Gasteiger partial charge on any atom is -0.340 e. The van der Waals surface area contributed by atoms with E-state index in [9.17, 15) is 9.59 Å². The number of benzene rings is 3. The first-order chi connectivity index (χ1) is 16.1. The van der Waals surface area contributed by atoms with E-state index in [1.165, 1.54) is 0 Å². The molecular weight excluding hydrogens is 412 g/mol. The SMILES string of the molecule is CN(CCN1CCC2(CC1)C(=O)NCN2c1ccccc1)C(=O)c1ccc2ccccc2c1. The van der Waals surface area contributed by atoms with Crippen LogP contribution in [0.5, 0.6) is 0 Å². The smallest absolute Gasteiger partial charge is 0.253 e. The van der Waals surface area contributed by atoms with E-state index < -0.39 is 5.54 Å². The van der Waals surface area contributed by atoms with Gasteiger partial charge in [0.15, 0.2) is 0 Å². The average molecular weight is 443 g/mol. The van der Waals surface area contributed by atoms with Gasteiger partial charge in [0.25, 0.3) is 5.91 Å². The second-order valence-corrected chi connectivity index (χ2v) is 9.09. The van der Waals surface area contributed by atoms with Gasteiger partial charge in [0.2, 0.25) is 5.91 Å². The number of nitrogens with zero attached hydrogens (tertiary/aromatic N) is 3. The number of carbonyl (C=O) groups is 2. The Kier molecular flexibility index (Phi) is 5.77. The number of piperidine rings is 1. The average Bonchev–Trinajstić information content (AvgIpc) is 3.18. The molecule has 0 unspecified atom stereocenters. The molecule has 3 aromatic carbocycles. The van der Waals surface area contributed by atoms with Crippen molar-refractivity contribution in [2.24, 2.45) is 0 Å². The zero-order valence-corrected chi connectivity index (χ0v) is 19.0. The van der Waals surface area contributed by atoms with Crippen molar-refractivity contribution in [3.63, 3.8) is 0 Å². The molecule has 1 N–H and O–H groups in total. The maximum atomic E-state index is 13.0. The van der Waals surface area contributed by atoms with Crippen LogP contribution in [0.2, 0.25) is 0 Å². The molecule has 0 aromatic heterocycles. The summed E-state index contributed by atoms with van der Waals surface area (Å²) in [7, 11) is 1.87. The van der Waals surface area contributed by atoms with Gasteiger partial charge in [0, 0.05) is 44.5 Å². The van der Waals surface area contributed by atoms with Crippen LogP contribution in [-0.4, -0.2) is 67.0 Å². The highest BCUT2D eigenvalue weighted by molar-refractivity contribution is 5.98. The summed E-state index contributed by atoms with van der Waals surface area (Å²) in [6.07, 6.45) is 1.58. The number of anilines is 1. The molecule has 0 aliphatic carbocycles. The van der Waals surface area contributed by atoms with Crippen LogP contribution in [0, 0.1) is 0 Å². The lowest BCUT2D eigenvalue weighted by molar-refractivity contribution is -0.125. The minimum atomic E-state index is -0.468. The number of fused-ring (bicyclic) bond motifs is 1. The standard InChI is InChI=1S/C27H30N4O2/c1-29(25(32)23-12-11-21-7-5-6-8-22(21)19-23)17-18-30-15-13-27(14-16-30)26(33)28-20-31(27)24-9-3-2-4-10-24/h2-12,19H,13-18,20H2,1H3,(H,28,33). The van der Waals surface area contributed by atoms with E-state index in [4.69, 9.17) is 0 Å². The topological polar surface area (TPSA) is 55.9 Å². The third-order valence-electron chi connectivity index (χ3n) is 7.18. The number of carbonyl (C=O) groups excluding carboxylic acids is 2. The highest BCUT2D eigenvalue weighted by Crippen LogP contribution is 2.36. The molecule has 2 amide bonds. The molecule has 0 saturated carbocycles. The van der Waals surface area contributed by atoms with Crippen LogP contribution in [-0.2, 0) is 4.79 Å². The summed E-state index contributed by atoms with van der Waals surface area (Å²) in [5.74, 6) is 0.175. The summed E-state index contributed by atoms with van der Waals surface area (Å²) >= 11 is 0. The van der Waals surface area contributed by atoms with E-state index in [2.05, 4.69) is 33.3 Å². The number of hydrogen-bond donors (Lipinski definition) is 1. The molecular formula is C27H30N4O2. The Balaban J connectivity index is 1.19. The van der Waals surface area contributed by atoms with Crippen molar-refractivity contribution in [3.8, 4) is 0 Å². The Morgan fingerprint density at radius 1 is 0.970 bits per heavy atom. The van der Waals surface area contributed by atoms with Crippen molar-refractivity contribution in [1.29, 1.82) is 0 Å². The normalized spacial score (nSPS) is 18.0. The largest absolute Gasteiger partial charge is 0.340 e. The van der Waals surface area contributed by atoms with Gasteiger partial charge in [-0.2, -0.15) is 0 Å². The Hall–Kier alpha value is -3.38. The van der Waals surface area contributed by atoms with Gasteiger partial charge in [-0.1, -0.05) is 48.5 Å². The lowest BCUT2D eigenvalue weighted by atomic mass is 9.85. The Labute approximate surface area is 194 Å². The van der Waals surface area contributed by atoms with Gasteiger partial charge >= 0.3 is 0 Å². The molecule has 2 aliphatic heterocycles. The fraction of sp³-hybridized carbons (Fsp3) is 0.333. The van der Waals surface area contributed by atoms with Crippen molar-refractivity contribution in [2.75, 3.05) is 44.8 Å². The lowest BCUT2D eigenvalue weighted by Gasteiger charge is -2.43. The monoisotopic (exact) mass is 442 g/mol. The van der Waals surface area contributed by atoms with Crippen molar-refractivity contribution in [2.45, 2.75) is 18.4 Å². The minimum absolute atomic E-state index is 0.0413. The van der Waals surface area contributed by atoms with Gasteiger partial charge in [-0.05, 0) is 47.9 Å². The first-order valence-corrected chi connectivity index (χ1v) is 11.6. The van der Waals surface area contributed by atoms with Gasteiger partial charge in [-0.25, -0.2) is 0 Å². The van der Waals surface area contributed by atoms with Crippen molar-refractivity contribution in [1.82, 2.24) is 15.1 Å². The van der Waals surface area contributed by atoms with Gasteiger partial charge in [0.05, 0.1) is 6.67 Å². The van der Waals surface area contributed by atoms with E-state index in [0.717, 1.165) is 54.5 Å². The summed E-state index contributed by atoms with van der Waals surface area (Å²) in [6.45, 7) is 3.71. The zero-order valence-electron chi connectivity index (χ0n) is 19.0. The van der Waals surface area contributed by atoms with E-state index in [-0.39, 0.29) is 11.8 Å². The molecule has 6 nitrogen and oxygen atoms in total. The number of para-hydroxylation sites is 1. The number of rotatable bonds is 5. The number of amides is 2. The zero-order chi connectivity index (χ0) is 22.8. The predicted molar refractivity (Wildman–Crippen MR) is 131 cm³/mol. The van der Waals surface area contributed by atoms with Crippen molar-refractivity contribution < 1.29 is 9.59 Å². The molecule has 170 valence electrons. The van der Waals surface area contributed by atoms with Crippen LogP contribution in [0.15, 0.2) is 72.8 Å². The fourth-order valence-electron chi connectivity index (χ4n) is 5.11. The molecule has 2 aliphatic rings. The van der Waals surface area contributed by atoms with Crippen LogP contribution in [0.4, 0.5) is 5.69 Å². The Morgan fingerprint density at radius 2 is 1.67 bits per heavy atom. The van der Waals surface area contributed by atoms with E-state index in [1.54, 1.807) is 4.90 Å². The van der Waals surface area contributed by atoms with Crippen LogP contribution < -0.4 is 10.2 Å². The van der Waals surface area contributed by atoms with Gasteiger partial charge < -0.3 is 20.0 Å². The second-order valence-electron chi connectivity index (χ2n) is 9.09. The van der Waals surface area contributed by atoms with E-state index in [0.29, 0.717) is 13.2 Å². The molecule has 1 spiro atoms. The third kappa shape index (κ3) is 4.07. The van der Waals surface area contributed by atoms with E-state index >= 15 is 0 Å². The number of likely N-dealkylation sites (tertiary alicyclic amines) is 1. The van der Waals surface area contributed by atoms with Crippen LogP contribution in [0.1, 0.15) is 23.2 Å². The first kappa shape index (κ1) is 21.5. The summed E-state index contributed by atoms with van der Waals surface area (Å²) < 4.78 is 0. The molecule has 2 saturated heterocycles. The molecule has 0 bridgehead atoms. The van der Waals surface area contributed by atoms with Gasteiger partial charge in [-0.3, -0.25) is 9.59 Å². The lowest BCUT2D eigenvalue weighted by Crippen LogP contribution is -2.57. The molecule has 0 atom stereocenters. The number of nitrogens with one attached hydrogen (secondary N) is 1. The molecule has 33 heavy (non-hydrogen) atoms. The third-order valence-corrected chi connectivity index (χ3v) is 7.18. The molecule has 3 aromatic rings. The highest BCUT2D eigenvalue weighted by Gasteiger charge is 2.50.